The summed E-state index contributed by atoms with van der Waals surface area (Å²) in [5.74, 6) is 0. The quantitative estimate of drug-likeness (QED) is 0.838. The van der Waals surface area contributed by atoms with Crippen LogP contribution in [-0.4, -0.2) is 48.5 Å². The smallest absolute Gasteiger partial charge is 0.0681 e. The zero-order valence-corrected chi connectivity index (χ0v) is 11.2. The van der Waals surface area contributed by atoms with Crippen molar-refractivity contribution in [2.24, 2.45) is 5.41 Å². The minimum atomic E-state index is -0.180. The molecule has 2 unspecified atom stereocenters. The number of nitrogens with zero attached hydrogens (tertiary/aromatic N) is 1. The van der Waals surface area contributed by atoms with Gasteiger partial charge in [0, 0.05) is 30.0 Å². The molecular formula is C13H22ClNO2. The Kier molecular flexibility index (Phi) is 4.14. The molecule has 2 fully saturated rings. The van der Waals surface area contributed by atoms with Gasteiger partial charge in [0.15, 0.2) is 0 Å². The summed E-state index contributed by atoms with van der Waals surface area (Å²) in [6.45, 7) is 9.20. The van der Waals surface area contributed by atoms with E-state index in [0.717, 1.165) is 45.5 Å². The fourth-order valence-electron chi connectivity index (χ4n) is 3.19. The largest absolute Gasteiger partial charge is 0.392 e. The highest BCUT2D eigenvalue weighted by Crippen LogP contribution is 2.50. The second-order valence-corrected chi connectivity index (χ2v) is 5.76. The van der Waals surface area contributed by atoms with E-state index in [4.69, 9.17) is 16.3 Å². The number of aliphatic hydroxyl groups is 1. The molecule has 2 aliphatic rings. The lowest BCUT2D eigenvalue weighted by Crippen LogP contribution is -2.62. The van der Waals surface area contributed by atoms with Crippen molar-refractivity contribution in [2.75, 3.05) is 26.2 Å². The summed E-state index contributed by atoms with van der Waals surface area (Å²) in [5.41, 5.74) is 0.0140. The molecule has 4 heteroatoms. The van der Waals surface area contributed by atoms with Crippen LogP contribution in [0.5, 0.6) is 0 Å². The molecule has 98 valence electrons. The summed E-state index contributed by atoms with van der Waals surface area (Å²) >= 11 is 5.83. The summed E-state index contributed by atoms with van der Waals surface area (Å²) < 4.78 is 5.74. The summed E-state index contributed by atoms with van der Waals surface area (Å²) in [4.78, 5) is 2.30. The fourth-order valence-corrected chi connectivity index (χ4v) is 3.36. The highest BCUT2D eigenvalue weighted by atomic mass is 35.5. The normalized spacial score (nSPS) is 32.4. The molecule has 1 saturated heterocycles. The molecule has 0 bridgehead atoms. The number of piperidine rings is 1. The number of hydrogen-bond acceptors (Lipinski definition) is 3. The second kappa shape index (κ2) is 5.27. The minimum Gasteiger partial charge on any atom is -0.392 e. The molecule has 3 nitrogen and oxygen atoms in total. The van der Waals surface area contributed by atoms with Crippen LogP contribution in [0.15, 0.2) is 11.6 Å². The van der Waals surface area contributed by atoms with Crippen molar-refractivity contribution in [3.05, 3.63) is 11.6 Å². The number of ether oxygens (including phenoxy) is 1. The van der Waals surface area contributed by atoms with Crippen LogP contribution >= 0.6 is 11.6 Å². The van der Waals surface area contributed by atoms with E-state index in [2.05, 4.69) is 11.5 Å². The Hall–Kier alpha value is -0.0900. The first-order valence-electron chi connectivity index (χ1n) is 6.44. The molecule has 0 amide bonds. The highest BCUT2D eigenvalue weighted by Gasteiger charge is 2.55. The van der Waals surface area contributed by atoms with Crippen LogP contribution in [0.1, 0.15) is 26.2 Å². The summed E-state index contributed by atoms with van der Waals surface area (Å²) in [7, 11) is 0. The Morgan fingerprint density at radius 1 is 1.53 bits per heavy atom. The van der Waals surface area contributed by atoms with Crippen molar-refractivity contribution in [3.8, 4) is 0 Å². The average Bonchev–Trinajstić information content (AvgIpc) is 2.29. The third-order valence-electron chi connectivity index (χ3n) is 4.29. The predicted molar refractivity (Wildman–Crippen MR) is 69.1 cm³/mol. The van der Waals surface area contributed by atoms with E-state index in [9.17, 15) is 5.11 Å². The van der Waals surface area contributed by atoms with Gasteiger partial charge in [-0.1, -0.05) is 18.2 Å². The van der Waals surface area contributed by atoms with E-state index in [1.54, 1.807) is 0 Å². The van der Waals surface area contributed by atoms with Crippen LogP contribution in [0, 0.1) is 5.41 Å². The first kappa shape index (κ1) is 13.3. The Morgan fingerprint density at radius 2 is 2.18 bits per heavy atom. The first-order chi connectivity index (χ1) is 8.08. The zero-order chi connectivity index (χ0) is 12.5. The van der Waals surface area contributed by atoms with Crippen molar-refractivity contribution in [1.29, 1.82) is 0 Å². The summed E-state index contributed by atoms with van der Waals surface area (Å²) in [6, 6.07) is 0. The maximum absolute atomic E-state index is 10.0. The van der Waals surface area contributed by atoms with Crippen molar-refractivity contribution < 1.29 is 9.84 Å². The molecule has 2 atom stereocenters. The molecule has 0 aromatic rings. The summed E-state index contributed by atoms with van der Waals surface area (Å²) in [5, 5.41) is 10.7. The molecule has 1 aliphatic heterocycles. The molecule has 1 N–H and O–H groups in total. The van der Waals surface area contributed by atoms with Gasteiger partial charge in [0.25, 0.3) is 0 Å². The van der Waals surface area contributed by atoms with Crippen molar-refractivity contribution in [3.63, 3.8) is 0 Å². The monoisotopic (exact) mass is 259 g/mol. The Balaban J connectivity index is 1.90. The number of rotatable bonds is 4. The zero-order valence-electron chi connectivity index (χ0n) is 10.5. The van der Waals surface area contributed by atoms with Gasteiger partial charge in [-0.3, -0.25) is 4.90 Å². The second-order valence-electron chi connectivity index (χ2n) is 5.22. The van der Waals surface area contributed by atoms with Gasteiger partial charge in [0.2, 0.25) is 0 Å². The van der Waals surface area contributed by atoms with Gasteiger partial charge in [-0.05, 0) is 32.9 Å². The van der Waals surface area contributed by atoms with E-state index >= 15 is 0 Å². The number of hydrogen-bond donors (Lipinski definition) is 1. The molecule has 0 aromatic heterocycles. The maximum Gasteiger partial charge on any atom is 0.0681 e. The molecule has 0 aromatic carbocycles. The molecule has 1 saturated carbocycles. The van der Waals surface area contributed by atoms with Crippen LogP contribution in [0.4, 0.5) is 0 Å². The average molecular weight is 260 g/mol. The Morgan fingerprint density at radius 3 is 2.65 bits per heavy atom. The van der Waals surface area contributed by atoms with Gasteiger partial charge in [-0.15, -0.1) is 0 Å². The predicted octanol–water partition coefficient (Wildman–Crippen LogP) is 1.99. The molecule has 2 rings (SSSR count). The lowest BCUT2D eigenvalue weighted by molar-refractivity contribution is -0.209. The van der Waals surface area contributed by atoms with Gasteiger partial charge in [0.1, 0.15) is 0 Å². The minimum absolute atomic E-state index is 0.0140. The van der Waals surface area contributed by atoms with Crippen LogP contribution in [0.3, 0.4) is 0 Å². The summed E-state index contributed by atoms with van der Waals surface area (Å²) in [6.07, 6.45) is 2.88. The van der Waals surface area contributed by atoms with E-state index in [1.807, 2.05) is 6.92 Å². The SMILES string of the molecule is C=C(Cl)CN1CCC2(CC1)C(O)CC2OCC. The van der Waals surface area contributed by atoms with Gasteiger partial charge >= 0.3 is 0 Å². The Bertz CT molecular complexity index is 285. The van der Waals surface area contributed by atoms with Crippen molar-refractivity contribution in [2.45, 2.75) is 38.4 Å². The van der Waals surface area contributed by atoms with Crippen molar-refractivity contribution >= 4 is 11.6 Å². The first-order valence-corrected chi connectivity index (χ1v) is 6.81. The molecule has 0 radical (unpaired) electrons. The van der Waals surface area contributed by atoms with Crippen LogP contribution in [0.2, 0.25) is 0 Å². The van der Waals surface area contributed by atoms with E-state index in [1.165, 1.54) is 0 Å². The molecule has 17 heavy (non-hydrogen) atoms. The van der Waals surface area contributed by atoms with Crippen LogP contribution in [0.25, 0.3) is 0 Å². The number of halogens is 1. The highest BCUT2D eigenvalue weighted by molar-refractivity contribution is 6.29. The lowest BCUT2D eigenvalue weighted by Gasteiger charge is -2.56. The lowest BCUT2D eigenvalue weighted by atomic mass is 9.58. The van der Waals surface area contributed by atoms with Gasteiger partial charge in [0.05, 0.1) is 12.2 Å². The molecule has 1 spiro atoms. The van der Waals surface area contributed by atoms with Crippen molar-refractivity contribution in [1.82, 2.24) is 4.90 Å². The molecule has 1 aliphatic carbocycles. The molecule has 1 heterocycles. The van der Waals surface area contributed by atoms with E-state index < -0.39 is 0 Å². The number of aliphatic hydroxyl groups excluding tert-OH is 1. The van der Waals surface area contributed by atoms with E-state index in [-0.39, 0.29) is 17.6 Å². The van der Waals surface area contributed by atoms with Crippen LogP contribution in [-0.2, 0) is 4.74 Å². The van der Waals surface area contributed by atoms with Gasteiger partial charge in [-0.25, -0.2) is 0 Å². The topological polar surface area (TPSA) is 32.7 Å². The fraction of sp³-hybridized carbons (Fsp3) is 0.846. The number of likely N-dealkylation sites (tertiary alicyclic amines) is 1. The van der Waals surface area contributed by atoms with Gasteiger partial charge in [-0.2, -0.15) is 0 Å². The van der Waals surface area contributed by atoms with Crippen LogP contribution < -0.4 is 0 Å². The third-order valence-corrected chi connectivity index (χ3v) is 4.41. The molecular weight excluding hydrogens is 238 g/mol. The third kappa shape index (κ3) is 2.53. The van der Waals surface area contributed by atoms with Gasteiger partial charge < -0.3 is 9.84 Å². The Labute approximate surface area is 108 Å². The maximum atomic E-state index is 10.0. The standard InChI is InChI=1S/C13H22ClNO2/c1-3-17-12-8-11(16)13(12)4-6-15(7-5-13)9-10(2)14/h11-12,16H,2-9H2,1H3. The van der Waals surface area contributed by atoms with E-state index in [0.29, 0.717) is 5.03 Å².